The predicted molar refractivity (Wildman–Crippen MR) is 86.1 cm³/mol. The van der Waals surface area contributed by atoms with Crippen molar-refractivity contribution in [2.45, 2.75) is 25.1 Å². The third kappa shape index (κ3) is 4.79. The highest BCUT2D eigenvalue weighted by atomic mass is 79.9. The van der Waals surface area contributed by atoms with E-state index in [9.17, 15) is 13.2 Å². The number of benzene rings is 1. The normalized spacial score (nSPS) is 12.2. The molecule has 0 aliphatic rings. The molecule has 0 atom stereocenters. The highest BCUT2D eigenvalue weighted by Gasteiger charge is 2.29. The number of ether oxygens (including phenoxy) is 1. The summed E-state index contributed by atoms with van der Waals surface area (Å²) in [5, 5.41) is 3.13. The lowest BCUT2D eigenvalue weighted by molar-refractivity contribution is 0.0600. The second-order valence-corrected chi connectivity index (χ2v) is 8.94. The van der Waals surface area contributed by atoms with Crippen molar-refractivity contribution in [2.75, 3.05) is 19.9 Å². The van der Waals surface area contributed by atoms with Crippen LogP contribution in [0.2, 0.25) is 0 Å². The first-order valence-electron chi connectivity index (χ1n) is 6.35. The molecule has 1 rings (SSSR count). The molecule has 21 heavy (non-hydrogen) atoms. The van der Waals surface area contributed by atoms with Gasteiger partial charge in [0.15, 0.2) is 9.84 Å². The molecule has 0 saturated carbocycles. The first kappa shape index (κ1) is 18.1. The number of halogens is 1. The van der Waals surface area contributed by atoms with Crippen molar-refractivity contribution in [3.63, 3.8) is 0 Å². The van der Waals surface area contributed by atoms with Crippen molar-refractivity contribution in [2.24, 2.45) is 0 Å². The van der Waals surface area contributed by atoms with Crippen LogP contribution in [0.1, 0.15) is 29.8 Å². The summed E-state index contributed by atoms with van der Waals surface area (Å²) in [5.74, 6) is -0.395. The summed E-state index contributed by atoms with van der Waals surface area (Å²) < 4.78 is 27.8. The summed E-state index contributed by atoms with van der Waals surface area (Å²) in [6.45, 7) is 4.22. The smallest absolute Gasteiger partial charge is 0.337 e. The van der Waals surface area contributed by atoms with Crippen molar-refractivity contribution >= 4 is 31.7 Å². The van der Waals surface area contributed by atoms with E-state index in [4.69, 9.17) is 0 Å². The maximum absolute atomic E-state index is 11.6. The Morgan fingerprint density at radius 2 is 2.00 bits per heavy atom. The second-order valence-electron chi connectivity index (χ2n) is 5.43. The number of rotatable bonds is 6. The van der Waals surface area contributed by atoms with Gasteiger partial charge in [0, 0.05) is 23.8 Å². The van der Waals surface area contributed by atoms with Crippen molar-refractivity contribution in [1.29, 1.82) is 0 Å². The van der Waals surface area contributed by atoms with Crippen molar-refractivity contribution in [3.05, 3.63) is 33.8 Å². The standard InChI is InChI=1S/C14H20BrNO4S/c1-14(2,21(4,18)19)9-16-8-11-6-5-10(7-12(11)15)13(17)20-3/h5-7,16H,8-9H2,1-4H3. The molecule has 0 unspecified atom stereocenters. The van der Waals surface area contributed by atoms with E-state index < -0.39 is 20.6 Å². The van der Waals surface area contributed by atoms with Crippen LogP contribution in [0.25, 0.3) is 0 Å². The lowest BCUT2D eigenvalue weighted by atomic mass is 10.1. The minimum Gasteiger partial charge on any atom is -0.465 e. The summed E-state index contributed by atoms with van der Waals surface area (Å²) in [7, 11) is -1.79. The summed E-state index contributed by atoms with van der Waals surface area (Å²) in [6, 6.07) is 5.16. The van der Waals surface area contributed by atoms with E-state index in [1.807, 2.05) is 0 Å². The Labute approximate surface area is 134 Å². The Morgan fingerprint density at radius 3 is 2.48 bits per heavy atom. The topological polar surface area (TPSA) is 72.5 Å². The van der Waals surface area contributed by atoms with Gasteiger partial charge in [0.1, 0.15) is 0 Å². The van der Waals surface area contributed by atoms with E-state index in [1.54, 1.807) is 32.0 Å². The fourth-order valence-electron chi connectivity index (χ4n) is 1.56. The maximum Gasteiger partial charge on any atom is 0.337 e. The van der Waals surface area contributed by atoms with Crippen LogP contribution in [-0.4, -0.2) is 39.0 Å². The van der Waals surface area contributed by atoms with Crippen LogP contribution in [-0.2, 0) is 21.1 Å². The molecule has 1 aromatic rings. The summed E-state index contributed by atoms with van der Waals surface area (Å²) in [5.41, 5.74) is 1.40. The molecular formula is C14H20BrNO4S. The van der Waals surface area contributed by atoms with Crippen molar-refractivity contribution in [3.8, 4) is 0 Å². The minimum atomic E-state index is -3.12. The lowest BCUT2D eigenvalue weighted by Gasteiger charge is -2.23. The molecule has 0 aliphatic heterocycles. The van der Waals surface area contributed by atoms with Gasteiger partial charge >= 0.3 is 5.97 Å². The molecule has 0 radical (unpaired) electrons. The molecule has 0 fully saturated rings. The van der Waals surface area contributed by atoms with E-state index >= 15 is 0 Å². The summed E-state index contributed by atoms with van der Waals surface area (Å²) >= 11 is 3.40. The number of carbonyl (C=O) groups excluding carboxylic acids is 1. The number of esters is 1. The Hall–Kier alpha value is -0.920. The van der Waals surface area contributed by atoms with Crippen molar-refractivity contribution < 1.29 is 17.9 Å². The number of nitrogens with one attached hydrogen (secondary N) is 1. The number of hydrogen-bond acceptors (Lipinski definition) is 5. The van der Waals surface area contributed by atoms with E-state index in [2.05, 4.69) is 26.0 Å². The Bertz CT molecular complexity index is 626. The fourth-order valence-corrected chi connectivity index (χ4v) is 2.45. The van der Waals surface area contributed by atoms with E-state index in [0.717, 1.165) is 10.0 Å². The van der Waals surface area contributed by atoms with Gasteiger partial charge in [-0.25, -0.2) is 13.2 Å². The van der Waals surface area contributed by atoms with Crippen LogP contribution in [0.3, 0.4) is 0 Å². The Kier molecular flexibility index (Phi) is 5.95. The van der Waals surface area contributed by atoms with Crippen LogP contribution in [0.5, 0.6) is 0 Å². The van der Waals surface area contributed by atoms with Crippen molar-refractivity contribution in [1.82, 2.24) is 5.32 Å². The van der Waals surface area contributed by atoms with Gasteiger partial charge in [0.05, 0.1) is 17.4 Å². The zero-order valence-electron chi connectivity index (χ0n) is 12.6. The lowest BCUT2D eigenvalue weighted by Crippen LogP contribution is -2.41. The molecule has 0 amide bonds. The van der Waals surface area contributed by atoms with E-state index in [-0.39, 0.29) is 0 Å². The third-order valence-corrected chi connectivity index (χ3v) is 6.23. The molecular weight excluding hydrogens is 358 g/mol. The number of carbonyl (C=O) groups is 1. The molecule has 5 nitrogen and oxygen atoms in total. The molecule has 1 aromatic carbocycles. The van der Waals surface area contributed by atoms with Gasteiger partial charge in [0.2, 0.25) is 0 Å². The predicted octanol–water partition coefficient (Wildman–Crippen LogP) is 2.15. The highest BCUT2D eigenvalue weighted by Crippen LogP contribution is 2.20. The van der Waals surface area contributed by atoms with Gasteiger partial charge in [-0.15, -0.1) is 0 Å². The number of hydrogen-bond donors (Lipinski definition) is 1. The highest BCUT2D eigenvalue weighted by molar-refractivity contribution is 9.10. The Balaban J connectivity index is 2.71. The van der Waals surface area contributed by atoms with E-state index in [0.29, 0.717) is 18.7 Å². The average molecular weight is 378 g/mol. The van der Waals surface area contributed by atoms with Gasteiger partial charge in [-0.3, -0.25) is 0 Å². The zero-order valence-corrected chi connectivity index (χ0v) is 15.0. The SMILES string of the molecule is COC(=O)c1ccc(CNCC(C)(C)S(C)(=O)=O)c(Br)c1. The van der Waals surface area contributed by atoms with Gasteiger partial charge < -0.3 is 10.1 Å². The molecule has 7 heteroatoms. The van der Waals surface area contributed by atoms with Gasteiger partial charge in [0.25, 0.3) is 0 Å². The molecule has 0 heterocycles. The zero-order chi connectivity index (χ0) is 16.3. The Morgan fingerprint density at radius 1 is 1.38 bits per heavy atom. The molecule has 0 saturated heterocycles. The van der Waals surface area contributed by atoms with Crippen LogP contribution in [0, 0.1) is 0 Å². The summed E-state index contributed by atoms with van der Waals surface area (Å²) in [6.07, 6.45) is 1.23. The quantitative estimate of drug-likeness (QED) is 0.768. The fraction of sp³-hybridized carbons (Fsp3) is 0.500. The van der Waals surface area contributed by atoms with Crippen LogP contribution in [0.15, 0.2) is 22.7 Å². The molecule has 0 aliphatic carbocycles. The van der Waals surface area contributed by atoms with Gasteiger partial charge in [-0.05, 0) is 31.5 Å². The third-order valence-electron chi connectivity index (χ3n) is 3.34. The molecule has 0 spiro atoms. The number of sulfone groups is 1. The number of methoxy groups -OCH3 is 1. The molecule has 0 aromatic heterocycles. The van der Waals surface area contributed by atoms with Crippen LogP contribution in [0.4, 0.5) is 0 Å². The largest absolute Gasteiger partial charge is 0.465 e. The van der Waals surface area contributed by atoms with Gasteiger partial charge in [-0.1, -0.05) is 22.0 Å². The first-order valence-corrected chi connectivity index (χ1v) is 9.04. The first-order chi connectivity index (χ1) is 9.58. The van der Waals surface area contributed by atoms with Gasteiger partial charge in [-0.2, -0.15) is 0 Å². The van der Waals surface area contributed by atoms with E-state index in [1.165, 1.54) is 13.4 Å². The monoisotopic (exact) mass is 377 g/mol. The summed E-state index contributed by atoms with van der Waals surface area (Å²) in [4.78, 5) is 11.4. The minimum absolute atomic E-state index is 0.344. The molecule has 118 valence electrons. The molecule has 0 bridgehead atoms. The second kappa shape index (κ2) is 6.89. The van der Waals surface area contributed by atoms with Crippen LogP contribution >= 0.6 is 15.9 Å². The maximum atomic E-state index is 11.6. The van der Waals surface area contributed by atoms with Crippen LogP contribution < -0.4 is 5.32 Å². The molecule has 1 N–H and O–H groups in total. The average Bonchev–Trinajstić information content (AvgIpc) is 2.38.